The number of nitrogens with two attached hydrogens (primary N) is 1. The first kappa shape index (κ1) is 16.8. The molecule has 0 spiro atoms. The number of nitro benzene ring substituents is 1. The molecule has 0 saturated heterocycles. The van der Waals surface area contributed by atoms with Gasteiger partial charge in [0.25, 0.3) is 5.69 Å². The number of nitrogens with zero attached hydrogens (tertiary/aromatic N) is 1. The van der Waals surface area contributed by atoms with Crippen LogP contribution in [0.1, 0.15) is 16.7 Å². The molecule has 0 aliphatic heterocycles. The molecule has 2 aromatic carbocycles. The second kappa shape index (κ2) is 7.25. The first-order chi connectivity index (χ1) is 12.6. The van der Waals surface area contributed by atoms with Crippen molar-refractivity contribution in [3.63, 3.8) is 0 Å². The number of nitrogen functional groups attached to an aromatic ring is 1. The molecule has 2 aliphatic rings. The Bertz CT molecular complexity index is 1040. The van der Waals surface area contributed by atoms with Crippen LogP contribution in [0.25, 0.3) is 11.1 Å². The third-order valence-electron chi connectivity index (χ3n) is 3.85. The Labute approximate surface area is 151 Å². The van der Waals surface area contributed by atoms with Crippen LogP contribution in [-0.4, -0.2) is 4.92 Å². The number of anilines is 1. The monoisotopic (exact) mass is 338 g/mol. The van der Waals surface area contributed by atoms with Gasteiger partial charge in [0, 0.05) is 22.9 Å². The van der Waals surface area contributed by atoms with Crippen molar-refractivity contribution in [3.05, 3.63) is 93.5 Å². The SMILES string of the molecule is C#Cc1c(C#Cc2ccc(N)cc2)cccc1[N+](=O)[O-].c1cc2ccc1-2. The first-order valence-electron chi connectivity index (χ1n) is 7.80. The second-order valence-electron chi connectivity index (χ2n) is 5.55. The molecular formula is C22H14N2O2. The summed E-state index contributed by atoms with van der Waals surface area (Å²) >= 11 is 0. The highest BCUT2D eigenvalue weighted by Gasteiger charge is 2.14. The fraction of sp³-hybridized carbons (Fsp3) is 0. The normalized spacial score (nSPS) is 9.65. The lowest BCUT2D eigenvalue weighted by atomic mass is 9.95. The van der Waals surface area contributed by atoms with E-state index in [0.717, 1.165) is 5.56 Å². The molecule has 0 radical (unpaired) electrons. The highest BCUT2D eigenvalue weighted by atomic mass is 16.6. The molecule has 0 fully saturated rings. The lowest BCUT2D eigenvalue weighted by Crippen LogP contribution is -1.94. The van der Waals surface area contributed by atoms with E-state index in [9.17, 15) is 10.1 Å². The van der Waals surface area contributed by atoms with Crippen molar-refractivity contribution in [2.24, 2.45) is 0 Å². The van der Waals surface area contributed by atoms with Crippen LogP contribution in [0.4, 0.5) is 11.4 Å². The molecule has 2 aromatic rings. The summed E-state index contributed by atoms with van der Waals surface area (Å²) in [6, 6.07) is 20.1. The quantitative estimate of drug-likeness (QED) is 0.244. The zero-order valence-electron chi connectivity index (χ0n) is 13.8. The Kier molecular flexibility index (Phi) is 4.69. The van der Waals surface area contributed by atoms with E-state index in [-0.39, 0.29) is 11.3 Å². The van der Waals surface area contributed by atoms with Gasteiger partial charge in [0.15, 0.2) is 0 Å². The summed E-state index contributed by atoms with van der Waals surface area (Å²) in [6.07, 6.45) is 5.34. The van der Waals surface area contributed by atoms with E-state index in [2.05, 4.69) is 42.0 Å². The van der Waals surface area contributed by atoms with Gasteiger partial charge in [-0.1, -0.05) is 48.1 Å². The van der Waals surface area contributed by atoms with Gasteiger partial charge in [-0.25, -0.2) is 0 Å². The van der Waals surface area contributed by atoms with Crippen molar-refractivity contribution >= 4 is 11.4 Å². The second-order valence-corrected chi connectivity index (χ2v) is 5.55. The topological polar surface area (TPSA) is 69.2 Å². The molecule has 0 atom stereocenters. The molecule has 124 valence electrons. The lowest BCUT2D eigenvalue weighted by Gasteiger charge is -2.10. The zero-order chi connectivity index (χ0) is 18.5. The van der Waals surface area contributed by atoms with Crippen molar-refractivity contribution in [1.29, 1.82) is 0 Å². The van der Waals surface area contributed by atoms with E-state index in [0.29, 0.717) is 11.3 Å². The van der Waals surface area contributed by atoms with Crippen LogP contribution in [0.2, 0.25) is 0 Å². The van der Waals surface area contributed by atoms with Crippen LogP contribution in [0.15, 0.2) is 66.7 Å². The molecular weight excluding hydrogens is 324 g/mol. The van der Waals surface area contributed by atoms with E-state index in [1.54, 1.807) is 36.4 Å². The largest absolute Gasteiger partial charge is 0.399 e. The molecule has 0 saturated carbocycles. The van der Waals surface area contributed by atoms with Gasteiger partial charge in [0.05, 0.1) is 4.92 Å². The molecule has 4 nitrogen and oxygen atoms in total. The van der Waals surface area contributed by atoms with Crippen molar-refractivity contribution in [2.45, 2.75) is 0 Å². The summed E-state index contributed by atoms with van der Waals surface area (Å²) in [4.78, 5) is 10.4. The van der Waals surface area contributed by atoms with Crippen molar-refractivity contribution in [3.8, 4) is 35.3 Å². The molecule has 2 N–H and O–H groups in total. The van der Waals surface area contributed by atoms with Crippen LogP contribution in [-0.2, 0) is 0 Å². The van der Waals surface area contributed by atoms with Gasteiger partial charge >= 0.3 is 0 Å². The maximum absolute atomic E-state index is 10.9. The smallest absolute Gasteiger partial charge is 0.286 e. The number of hydrogen-bond acceptors (Lipinski definition) is 3. The maximum Gasteiger partial charge on any atom is 0.286 e. The van der Waals surface area contributed by atoms with Gasteiger partial charge in [-0.3, -0.25) is 10.1 Å². The minimum absolute atomic E-state index is 0.114. The van der Waals surface area contributed by atoms with Gasteiger partial charge in [-0.05, 0) is 41.5 Å². The zero-order valence-corrected chi connectivity index (χ0v) is 13.8. The molecule has 2 aliphatic carbocycles. The van der Waals surface area contributed by atoms with Crippen LogP contribution < -0.4 is 5.73 Å². The summed E-state index contributed by atoms with van der Waals surface area (Å²) in [5.74, 6) is 8.09. The predicted molar refractivity (Wildman–Crippen MR) is 103 cm³/mol. The predicted octanol–water partition coefficient (Wildman–Crippen LogP) is 4.23. The average Bonchev–Trinajstić information content (AvgIpc) is 2.64. The molecule has 26 heavy (non-hydrogen) atoms. The fourth-order valence-corrected chi connectivity index (χ4v) is 2.32. The number of nitro groups is 1. The Morgan fingerprint density at radius 3 is 1.96 bits per heavy atom. The minimum atomic E-state index is -0.510. The molecule has 0 heterocycles. The highest BCUT2D eigenvalue weighted by Crippen LogP contribution is 2.29. The van der Waals surface area contributed by atoms with Crippen molar-refractivity contribution < 1.29 is 4.92 Å². The molecule has 0 amide bonds. The fourth-order valence-electron chi connectivity index (χ4n) is 2.32. The Morgan fingerprint density at radius 1 is 0.885 bits per heavy atom. The first-order valence-corrected chi connectivity index (χ1v) is 7.80. The van der Waals surface area contributed by atoms with Gasteiger partial charge in [-0.2, -0.15) is 0 Å². The highest BCUT2D eigenvalue weighted by molar-refractivity contribution is 5.75. The Hall–Kier alpha value is -4.02. The van der Waals surface area contributed by atoms with Crippen LogP contribution in [0, 0.1) is 34.3 Å². The van der Waals surface area contributed by atoms with E-state index in [1.165, 1.54) is 17.2 Å². The minimum Gasteiger partial charge on any atom is -0.399 e. The summed E-state index contributed by atoms with van der Waals surface area (Å²) in [5.41, 5.74) is 10.4. The van der Waals surface area contributed by atoms with Crippen LogP contribution in [0.5, 0.6) is 0 Å². The molecule has 0 bridgehead atoms. The third-order valence-corrected chi connectivity index (χ3v) is 3.85. The number of hydrogen-bond donors (Lipinski definition) is 1. The Balaban J connectivity index is 0.000000269. The van der Waals surface area contributed by atoms with Gasteiger partial charge in [0.1, 0.15) is 5.56 Å². The summed E-state index contributed by atoms with van der Waals surface area (Å²) in [7, 11) is 0. The van der Waals surface area contributed by atoms with Crippen molar-refractivity contribution in [2.75, 3.05) is 5.73 Å². The van der Waals surface area contributed by atoms with Crippen LogP contribution >= 0.6 is 0 Å². The van der Waals surface area contributed by atoms with Gasteiger partial charge < -0.3 is 5.73 Å². The molecule has 4 rings (SSSR count). The van der Waals surface area contributed by atoms with Crippen LogP contribution in [0.3, 0.4) is 0 Å². The molecule has 4 heteroatoms. The summed E-state index contributed by atoms with van der Waals surface area (Å²) < 4.78 is 0. The Morgan fingerprint density at radius 2 is 1.50 bits per heavy atom. The number of benzene rings is 3. The van der Waals surface area contributed by atoms with E-state index >= 15 is 0 Å². The number of terminal acetylenes is 1. The lowest BCUT2D eigenvalue weighted by molar-refractivity contribution is -0.385. The van der Waals surface area contributed by atoms with Gasteiger partial charge in [0.2, 0.25) is 0 Å². The number of rotatable bonds is 1. The van der Waals surface area contributed by atoms with E-state index < -0.39 is 4.92 Å². The van der Waals surface area contributed by atoms with E-state index in [1.807, 2.05) is 0 Å². The van der Waals surface area contributed by atoms with Gasteiger partial charge in [-0.15, -0.1) is 6.42 Å². The molecule has 0 aromatic heterocycles. The standard InChI is InChI=1S/C16H10N2O2.C6H4/c1-2-15-13(4-3-5-16(15)18(19)20)9-6-12-7-10-14(17)11-8-12;1-2-6-4-3-5(1)6/h1,3-5,7-8,10-11H,17H2;1-4H. The molecule has 0 unspecified atom stereocenters. The summed E-state index contributed by atoms with van der Waals surface area (Å²) in [5, 5.41) is 10.9. The van der Waals surface area contributed by atoms with E-state index in [4.69, 9.17) is 12.2 Å². The average molecular weight is 338 g/mol. The maximum atomic E-state index is 10.9. The summed E-state index contributed by atoms with van der Waals surface area (Å²) in [6.45, 7) is 0. The van der Waals surface area contributed by atoms with Crippen molar-refractivity contribution in [1.82, 2.24) is 0 Å². The third kappa shape index (κ3) is 3.56. The number of fused-ring (bicyclic) bond motifs is 1.